The van der Waals surface area contributed by atoms with Crippen molar-refractivity contribution in [2.24, 2.45) is 0 Å². The Morgan fingerprint density at radius 1 is 1.27 bits per heavy atom. The molecule has 0 unspecified atom stereocenters. The molecule has 0 saturated carbocycles. The number of unbranched alkanes of at least 4 members (excludes halogenated alkanes) is 1. The molecule has 22 heavy (non-hydrogen) atoms. The zero-order valence-electron chi connectivity index (χ0n) is 14.0. The maximum atomic E-state index is 9.67. The van der Waals surface area contributed by atoms with Crippen LogP contribution in [0.2, 0.25) is 0 Å². The van der Waals surface area contributed by atoms with Crippen LogP contribution in [0, 0.1) is 0 Å². The Balaban J connectivity index is 2.03. The molecule has 4 nitrogen and oxygen atoms in total. The molecule has 0 aliphatic carbocycles. The van der Waals surface area contributed by atoms with Crippen LogP contribution in [0.25, 0.3) is 0 Å². The monoisotopic (exact) mass is 306 g/mol. The molecule has 1 aliphatic rings. The first-order chi connectivity index (χ1) is 10.7. The second-order valence-electron chi connectivity index (χ2n) is 5.98. The molecule has 2 rings (SSSR count). The molecule has 0 aromatic heterocycles. The van der Waals surface area contributed by atoms with Gasteiger partial charge >= 0.3 is 0 Å². The van der Waals surface area contributed by atoms with Crippen molar-refractivity contribution in [3.8, 4) is 5.75 Å². The van der Waals surface area contributed by atoms with Crippen LogP contribution in [-0.2, 0) is 6.54 Å². The number of piperidine rings is 1. The van der Waals surface area contributed by atoms with Crippen molar-refractivity contribution >= 4 is 5.69 Å². The number of nitrogens with one attached hydrogen (secondary N) is 1. The van der Waals surface area contributed by atoms with Gasteiger partial charge in [0.1, 0.15) is 5.75 Å². The molecular formula is C18H30N2O2. The summed E-state index contributed by atoms with van der Waals surface area (Å²) in [4.78, 5) is 2.33. The summed E-state index contributed by atoms with van der Waals surface area (Å²) in [6.07, 6.45) is 3.97. The first-order valence-corrected chi connectivity index (χ1v) is 8.64. The molecule has 0 spiro atoms. The van der Waals surface area contributed by atoms with Gasteiger partial charge in [-0.05, 0) is 50.4 Å². The maximum Gasteiger partial charge on any atom is 0.142 e. The molecule has 1 fully saturated rings. The molecule has 0 bridgehead atoms. The molecule has 4 heteroatoms. The van der Waals surface area contributed by atoms with E-state index in [1.165, 1.54) is 18.4 Å². The van der Waals surface area contributed by atoms with Gasteiger partial charge in [0.2, 0.25) is 0 Å². The van der Waals surface area contributed by atoms with Gasteiger partial charge in [-0.2, -0.15) is 0 Å². The fourth-order valence-electron chi connectivity index (χ4n) is 2.84. The SMILES string of the molecule is CCCCNCc1ccc(N2CCC(O)CC2)c(OCC)c1. The average Bonchev–Trinajstić information content (AvgIpc) is 2.53. The molecule has 1 aromatic rings. The van der Waals surface area contributed by atoms with E-state index in [0.29, 0.717) is 6.61 Å². The highest BCUT2D eigenvalue weighted by molar-refractivity contribution is 5.60. The van der Waals surface area contributed by atoms with Gasteiger partial charge in [-0.3, -0.25) is 0 Å². The predicted octanol–water partition coefficient (Wildman–Crippen LogP) is 2.94. The molecule has 0 radical (unpaired) electrons. The minimum absolute atomic E-state index is 0.145. The number of hydrogen-bond acceptors (Lipinski definition) is 4. The Kier molecular flexibility index (Phi) is 7.00. The van der Waals surface area contributed by atoms with E-state index in [1.807, 2.05) is 6.92 Å². The molecule has 1 saturated heterocycles. The number of nitrogens with zero attached hydrogens (tertiary/aromatic N) is 1. The molecule has 124 valence electrons. The maximum absolute atomic E-state index is 9.67. The van der Waals surface area contributed by atoms with E-state index in [2.05, 4.69) is 35.3 Å². The van der Waals surface area contributed by atoms with Crippen molar-refractivity contribution in [3.05, 3.63) is 23.8 Å². The van der Waals surface area contributed by atoms with Crippen LogP contribution >= 0.6 is 0 Å². The lowest BCUT2D eigenvalue weighted by Crippen LogP contribution is -2.36. The minimum Gasteiger partial charge on any atom is -0.492 e. The van der Waals surface area contributed by atoms with Gasteiger partial charge in [-0.1, -0.05) is 19.4 Å². The number of aliphatic hydroxyl groups excluding tert-OH is 1. The molecule has 1 aromatic carbocycles. The predicted molar refractivity (Wildman–Crippen MR) is 91.7 cm³/mol. The molecule has 1 aliphatic heterocycles. The molecule has 0 amide bonds. The van der Waals surface area contributed by atoms with Gasteiger partial charge in [-0.15, -0.1) is 0 Å². The molecule has 1 heterocycles. The summed E-state index contributed by atoms with van der Waals surface area (Å²) in [5.41, 5.74) is 2.42. The van der Waals surface area contributed by atoms with Crippen molar-refractivity contribution in [3.63, 3.8) is 0 Å². The summed E-state index contributed by atoms with van der Waals surface area (Å²) in [5, 5.41) is 13.1. The van der Waals surface area contributed by atoms with Crippen LogP contribution in [0.5, 0.6) is 5.75 Å². The summed E-state index contributed by atoms with van der Waals surface area (Å²) < 4.78 is 5.85. The fraction of sp³-hybridized carbons (Fsp3) is 0.667. The average molecular weight is 306 g/mol. The van der Waals surface area contributed by atoms with Crippen molar-refractivity contribution < 1.29 is 9.84 Å². The second-order valence-corrected chi connectivity index (χ2v) is 5.98. The highest BCUT2D eigenvalue weighted by Crippen LogP contribution is 2.31. The number of benzene rings is 1. The number of rotatable bonds is 8. The fourth-order valence-corrected chi connectivity index (χ4v) is 2.84. The van der Waals surface area contributed by atoms with E-state index in [4.69, 9.17) is 4.74 Å². The van der Waals surface area contributed by atoms with Crippen molar-refractivity contribution in [2.75, 3.05) is 31.1 Å². The van der Waals surface area contributed by atoms with E-state index in [9.17, 15) is 5.11 Å². The molecule has 2 N–H and O–H groups in total. The topological polar surface area (TPSA) is 44.7 Å². The Labute approximate surface area is 134 Å². The van der Waals surface area contributed by atoms with Gasteiger partial charge in [-0.25, -0.2) is 0 Å². The van der Waals surface area contributed by atoms with Crippen LogP contribution in [0.4, 0.5) is 5.69 Å². The highest BCUT2D eigenvalue weighted by Gasteiger charge is 2.20. The highest BCUT2D eigenvalue weighted by atomic mass is 16.5. The summed E-state index contributed by atoms with van der Waals surface area (Å²) in [6, 6.07) is 6.50. The van der Waals surface area contributed by atoms with Crippen molar-refractivity contribution in [1.29, 1.82) is 0 Å². The second kappa shape index (κ2) is 9.01. The number of aliphatic hydroxyl groups is 1. The summed E-state index contributed by atoms with van der Waals surface area (Å²) in [7, 11) is 0. The number of ether oxygens (including phenoxy) is 1. The first kappa shape index (κ1) is 17.1. The molecular weight excluding hydrogens is 276 g/mol. The van der Waals surface area contributed by atoms with E-state index < -0.39 is 0 Å². The third-order valence-electron chi connectivity index (χ3n) is 4.17. The Morgan fingerprint density at radius 2 is 2.05 bits per heavy atom. The lowest BCUT2D eigenvalue weighted by atomic mass is 10.1. The Morgan fingerprint density at radius 3 is 2.73 bits per heavy atom. The Bertz CT molecular complexity index is 443. The summed E-state index contributed by atoms with van der Waals surface area (Å²) in [5.74, 6) is 0.966. The Hall–Kier alpha value is -1.26. The largest absolute Gasteiger partial charge is 0.492 e. The molecule has 0 atom stereocenters. The summed E-state index contributed by atoms with van der Waals surface area (Å²) in [6.45, 7) is 8.65. The summed E-state index contributed by atoms with van der Waals surface area (Å²) >= 11 is 0. The van der Waals surface area contributed by atoms with E-state index >= 15 is 0 Å². The van der Waals surface area contributed by atoms with Gasteiger partial charge in [0.25, 0.3) is 0 Å². The standard InChI is InChI=1S/C18H30N2O2/c1-3-5-10-19-14-15-6-7-17(18(13-15)22-4-2)20-11-8-16(21)9-12-20/h6-7,13,16,19,21H,3-5,8-12,14H2,1-2H3. The van der Waals surface area contributed by atoms with E-state index in [1.54, 1.807) is 0 Å². The van der Waals surface area contributed by atoms with Crippen molar-refractivity contribution in [2.45, 2.75) is 52.2 Å². The number of anilines is 1. The van der Waals surface area contributed by atoms with Crippen LogP contribution in [0.15, 0.2) is 18.2 Å². The van der Waals surface area contributed by atoms with Crippen LogP contribution in [-0.4, -0.2) is 37.5 Å². The van der Waals surface area contributed by atoms with Gasteiger partial charge < -0.3 is 20.1 Å². The van der Waals surface area contributed by atoms with E-state index in [-0.39, 0.29) is 6.10 Å². The van der Waals surface area contributed by atoms with Gasteiger partial charge in [0, 0.05) is 19.6 Å². The van der Waals surface area contributed by atoms with Crippen molar-refractivity contribution in [1.82, 2.24) is 5.32 Å². The van der Waals surface area contributed by atoms with E-state index in [0.717, 1.165) is 50.5 Å². The lowest BCUT2D eigenvalue weighted by molar-refractivity contribution is 0.145. The first-order valence-electron chi connectivity index (χ1n) is 8.64. The van der Waals surface area contributed by atoms with Crippen LogP contribution < -0.4 is 15.0 Å². The zero-order valence-corrected chi connectivity index (χ0v) is 14.0. The van der Waals surface area contributed by atoms with Crippen LogP contribution in [0.1, 0.15) is 45.1 Å². The third-order valence-corrected chi connectivity index (χ3v) is 4.17. The number of hydrogen-bond donors (Lipinski definition) is 2. The van der Waals surface area contributed by atoms with Gasteiger partial charge in [0.15, 0.2) is 0 Å². The smallest absolute Gasteiger partial charge is 0.142 e. The minimum atomic E-state index is -0.145. The van der Waals surface area contributed by atoms with Crippen LogP contribution in [0.3, 0.4) is 0 Å². The quantitative estimate of drug-likeness (QED) is 0.725. The normalized spacial score (nSPS) is 16.0. The zero-order chi connectivity index (χ0) is 15.8. The third kappa shape index (κ3) is 4.89. The van der Waals surface area contributed by atoms with Gasteiger partial charge in [0.05, 0.1) is 18.4 Å². The lowest BCUT2D eigenvalue weighted by Gasteiger charge is -2.32.